The van der Waals surface area contributed by atoms with Crippen molar-refractivity contribution in [2.45, 2.75) is 37.5 Å². The van der Waals surface area contributed by atoms with Crippen molar-refractivity contribution in [3.63, 3.8) is 0 Å². The second-order valence-corrected chi connectivity index (χ2v) is 8.69. The van der Waals surface area contributed by atoms with Gasteiger partial charge >= 0.3 is 0 Å². The van der Waals surface area contributed by atoms with E-state index in [0.717, 1.165) is 22.8 Å². The molecule has 2 rings (SSSR count). The van der Waals surface area contributed by atoms with Crippen LogP contribution in [-0.4, -0.2) is 19.9 Å². The van der Waals surface area contributed by atoms with Gasteiger partial charge < -0.3 is 0 Å². The lowest BCUT2D eigenvalue weighted by molar-refractivity contribution is 0.569. The van der Waals surface area contributed by atoms with Gasteiger partial charge in [0.1, 0.15) is 5.82 Å². The monoisotopic (exact) mass is 342 g/mol. The van der Waals surface area contributed by atoms with E-state index < -0.39 is 15.8 Å². The molecule has 120 valence electrons. The molecule has 0 aliphatic carbocycles. The fraction of sp³-hybridized carbons (Fsp3) is 0.400. The molecule has 0 aliphatic heterocycles. The van der Waals surface area contributed by atoms with Crippen molar-refractivity contribution in [2.75, 3.05) is 6.54 Å². The molecule has 0 bridgehead atoms. The molecule has 4 nitrogen and oxygen atoms in total. The van der Waals surface area contributed by atoms with Gasteiger partial charge in [0.25, 0.3) is 0 Å². The summed E-state index contributed by atoms with van der Waals surface area (Å²) in [4.78, 5) is 4.58. The molecule has 2 aromatic rings. The smallest absolute Gasteiger partial charge is 0.240 e. The van der Waals surface area contributed by atoms with Crippen molar-refractivity contribution < 1.29 is 12.8 Å². The molecule has 0 unspecified atom stereocenters. The minimum atomic E-state index is -3.61. The molecule has 1 aromatic carbocycles. The minimum Gasteiger partial charge on any atom is -0.246 e. The maximum Gasteiger partial charge on any atom is 0.240 e. The summed E-state index contributed by atoms with van der Waals surface area (Å²) in [5.41, 5.74) is 0.997. The summed E-state index contributed by atoms with van der Waals surface area (Å²) in [5.74, 6) is -0.462. The van der Waals surface area contributed by atoms with E-state index in [1.54, 1.807) is 0 Å². The van der Waals surface area contributed by atoms with Gasteiger partial charge in [0.05, 0.1) is 15.6 Å². The molecule has 1 heterocycles. The first-order valence-corrected chi connectivity index (χ1v) is 9.25. The zero-order chi connectivity index (χ0) is 16.4. The third kappa shape index (κ3) is 4.34. The fourth-order valence-corrected chi connectivity index (χ4v) is 3.82. The summed E-state index contributed by atoms with van der Waals surface area (Å²) in [7, 11) is -3.61. The molecule has 0 saturated carbocycles. The first-order valence-electron chi connectivity index (χ1n) is 6.88. The average molecular weight is 342 g/mol. The lowest BCUT2D eigenvalue weighted by Crippen LogP contribution is -2.26. The van der Waals surface area contributed by atoms with Gasteiger partial charge in [-0.25, -0.2) is 22.5 Å². The standard InChI is InChI=1S/C15H19FN2O2S2/c1-15(2,3)13-10-21-14(18-13)8-9-17-22(19,20)12-6-4-11(16)5-7-12/h4-7,10,17H,8-9H2,1-3H3. The molecule has 0 spiro atoms. The number of thiazole rings is 1. The van der Waals surface area contributed by atoms with Crippen LogP contribution in [0.4, 0.5) is 4.39 Å². The van der Waals surface area contributed by atoms with Gasteiger partial charge in [0, 0.05) is 23.8 Å². The first-order chi connectivity index (χ1) is 10.2. The second kappa shape index (κ2) is 6.44. The number of rotatable bonds is 5. The highest BCUT2D eigenvalue weighted by Crippen LogP contribution is 2.24. The van der Waals surface area contributed by atoms with E-state index in [0.29, 0.717) is 6.42 Å². The largest absolute Gasteiger partial charge is 0.246 e. The van der Waals surface area contributed by atoms with Gasteiger partial charge in [-0.2, -0.15) is 0 Å². The highest BCUT2D eigenvalue weighted by molar-refractivity contribution is 7.89. The van der Waals surface area contributed by atoms with E-state index in [4.69, 9.17) is 0 Å². The Morgan fingerprint density at radius 2 is 1.86 bits per heavy atom. The number of benzene rings is 1. The number of hydrogen-bond donors (Lipinski definition) is 1. The summed E-state index contributed by atoms with van der Waals surface area (Å²) < 4.78 is 39.4. The Morgan fingerprint density at radius 3 is 2.41 bits per heavy atom. The molecular weight excluding hydrogens is 323 g/mol. The summed E-state index contributed by atoms with van der Waals surface area (Å²) >= 11 is 1.53. The van der Waals surface area contributed by atoms with E-state index in [9.17, 15) is 12.8 Å². The molecule has 22 heavy (non-hydrogen) atoms. The molecule has 0 atom stereocenters. The van der Waals surface area contributed by atoms with Crippen molar-refractivity contribution in [3.8, 4) is 0 Å². The zero-order valence-electron chi connectivity index (χ0n) is 12.8. The van der Waals surface area contributed by atoms with Gasteiger partial charge in [0.2, 0.25) is 10.0 Å². The Labute approximate surface area is 134 Å². The Kier molecular flexibility index (Phi) is 4.99. The van der Waals surface area contributed by atoms with Crippen molar-refractivity contribution in [1.82, 2.24) is 9.71 Å². The van der Waals surface area contributed by atoms with E-state index in [-0.39, 0.29) is 16.9 Å². The molecule has 0 amide bonds. The highest BCUT2D eigenvalue weighted by Gasteiger charge is 2.18. The van der Waals surface area contributed by atoms with Crippen LogP contribution >= 0.6 is 11.3 Å². The zero-order valence-corrected chi connectivity index (χ0v) is 14.4. The van der Waals surface area contributed by atoms with Crippen LogP contribution in [0.25, 0.3) is 0 Å². The van der Waals surface area contributed by atoms with E-state index >= 15 is 0 Å². The van der Waals surface area contributed by atoms with Gasteiger partial charge in [-0.05, 0) is 24.3 Å². The SMILES string of the molecule is CC(C)(C)c1csc(CCNS(=O)(=O)c2ccc(F)cc2)n1. The Balaban J connectivity index is 1.95. The summed E-state index contributed by atoms with van der Waals surface area (Å²) in [6.45, 7) is 6.52. The normalized spacial score (nSPS) is 12.5. The Hall–Kier alpha value is -1.31. The van der Waals surface area contributed by atoms with Crippen LogP contribution in [0, 0.1) is 5.82 Å². The van der Waals surface area contributed by atoms with Crippen molar-refractivity contribution in [2.24, 2.45) is 0 Å². The number of halogens is 1. The maximum absolute atomic E-state index is 12.8. The van der Waals surface area contributed by atoms with Gasteiger partial charge in [-0.1, -0.05) is 20.8 Å². The predicted molar refractivity (Wildman–Crippen MR) is 86.1 cm³/mol. The third-order valence-electron chi connectivity index (χ3n) is 3.08. The third-order valence-corrected chi connectivity index (χ3v) is 5.46. The molecule has 7 heteroatoms. The number of sulfonamides is 1. The van der Waals surface area contributed by atoms with E-state index in [2.05, 4.69) is 30.5 Å². The van der Waals surface area contributed by atoms with Crippen LogP contribution in [0.1, 0.15) is 31.5 Å². The van der Waals surface area contributed by atoms with Gasteiger partial charge in [-0.15, -0.1) is 11.3 Å². The van der Waals surface area contributed by atoms with Crippen LogP contribution in [0.15, 0.2) is 34.5 Å². The topological polar surface area (TPSA) is 59.1 Å². The Morgan fingerprint density at radius 1 is 1.23 bits per heavy atom. The molecule has 1 N–H and O–H groups in total. The number of nitrogens with zero attached hydrogens (tertiary/aromatic N) is 1. The Bertz CT molecular complexity index is 732. The van der Waals surface area contributed by atoms with Gasteiger partial charge in [0.15, 0.2) is 0 Å². The minimum absolute atomic E-state index is 0.0115. The summed E-state index contributed by atoms with van der Waals surface area (Å²) in [6.07, 6.45) is 0.529. The number of hydrogen-bond acceptors (Lipinski definition) is 4. The highest BCUT2D eigenvalue weighted by atomic mass is 32.2. The van der Waals surface area contributed by atoms with Crippen LogP contribution in [0.3, 0.4) is 0 Å². The van der Waals surface area contributed by atoms with Crippen molar-refractivity contribution in [1.29, 1.82) is 0 Å². The molecule has 0 fully saturated rings. The summed E-state index contributed by atoms with van der Waals surface area (Å²) in [5, 5.41) is 2.90. The van der Waals surface area contributed by atoms with Crippen LogP contribution in [0.2, 0.25) is 0 Å². The predicted octanol–water partition coefficient (Wildman–Crippen LogP) is 3.10. The fourth-order valence-electron chi connectivity index (χ4n) is 1.76. The maximum atomic E-state index is 12.8. The number of nitrogens with one attached hydrogen (secondary N) is 1. The molecule has 0 radical (unpaired) electrons. The van der Waals surface area contributed by atoms with Crippen LogP contribution in [-0.2, 0) is 21.9 Å². The van der Waals surface area contributed by atoms with E-state index in [1.165, 1.54) is 23.5 Å². The second-order valence-electron chi connectivity index (χ2n) is 5.98. The van der Waals surface area contributed by atoms with Gasteiger partial charge in [-0.3, -0.25) is 0 Å². The molecule has 0 aliphatic rings. The molecule has 1 aromatic heterocycles. The van der Waals surface area contributed by atoms with Crippen molar-refractivity contribution >= 4 is 21.4 Å². The lowest BCUT2D eigenvalue weighted by Gasteiger charge is -2.14. The lowest BCUT2D eigenvalue weighted by atomic mass is 9.93. The average Bonchev–Trinajstić information content (AvgIpc) is 2.88. The van der Waals surface area contributed by atoms with Crippen molar-refractivity contribution in [3.05, 3.63) is 46.2 Å². The molecular formula is C15H19FN2O2S2. The first kappa shape index (κ1) is 17.1. The molecule has 0 saturated heterocycles. The van der Waals surface area contributed by atoms with E-state index in [1.807, 2.05) is 5.38 Å². The number of aromatic nitrogens is 1. The van der Waals surface area contributed by atoms with Crippen LogP contribution < -0.4 is 4.72 Å². The summed E-state index contributed by atoms with van der Waals surface area (Å²) in [6, 6.07) is 4.76. The van der Waals surface area contributed by atoms with Crippen LogP contribution in [0.5, 0.6) is 0 Å². The quantitative estimate of drug-likeness (QED) is 0.908.